The molecule has 5 nitrogen and oxygen atoms in total. The predicted molar refractivity (Wildman–Crippen MR) is 127 cm³/mol. The van der Waals surface area contributed by atoms with Crippen LogP contribution in [0, 0.1) is 0 Å². The third kappa shape index (κ3) is 6.20. The summed E-state index contributed by atoms with van der Waals surface area (Å²) in [5.74, 6) is 1.12. The molecule has 0 atom stereocenters. The molecular formula is C25H27F3N4OS. The molecule has 1 aromatic heterocycles. The lowest BCUT2D eigenvalue weighted by atomic mass is 9.95. The number of nitrogens with one attached hydrogen (secondary N) is 1. The first-order chi connectivity index (χ1) is 16.4. The van der Waals surface area contributed by atoms with Crippen molar-refractivity contribution >= 4 is 17.7 Å². The Balaban J connectivity index is 1.48. The minimum Gasteiger partial charge on any atom is -0.353 e. The third-order valence-electron chi connectivity index (χ3n) is 5.85. The highest BCUT2D eigenvalue weighted by atomic mass is 32.2. The van der Waals surface area contributed by atoms with Crippen molar-refractivity contribution in [3.8, 4) is 17.1 Å². The molecule has 1 saturated carbocycles. The number of hydrogen-bond acceptors (Lipinski definition) is 4. The summed E-state index contributed by atoms with van der Waals surface area (Å²) in [6, 6.07) is 14.7. The number of rotatable bonds is 8. The van der Waals surface area contributed by atoms with Crippen molar-refractivity contribution < 1.29 is 18.0 Å². The van der Waals surface area contributed by atoms with Gasteiger partial charge in [-0.3, -0.25) is 9.36 Å². The average molecular weight is 489 g/mol. The Labute approximate surface area is 201 Å². The smallest absolute Gasteiger partial charge is 0.353 e. The zero-order valence-electron chi connectivity index (χ0n) is 18.7. The Morgan fingerprint density at radius 2 is 1.79 bits per heavy atom. The van der Waals surface area contributed by atoms with Gasteiger partial charge in [-0.25, -0.2) is 0 Å². The number of amides is 1. The maximum atomic E-state index is 13.3. The van der Waals surface area contributed by atoms with Crippen LogP contribution in [0.4, 0.5) is 13.2 Å². The number of carbonyl (C=O) groups excluding carboxylic acids is 1. The molecule has 9 heteroatoms. The van der Waals surface area contributed by atoms with Crippen molar-refractivity contribution in [2.24, 2.45) is 0 Å². The molecule has 3 aromatic rings. The van der Waals surface area contributed by atoms with Crippen LogP contribution in [0.1, 0.15) is 50.5 Å². The number of nitrogens with zero attached hydrogens (tertiary/aromatic N) is 3. The van der Waals surface area contributed by atoms with E-state index in [2.05, 4.69) is 15.5 Å². The molecular weight excluding hydrogens is 461 g/mol. The Hall–Kier alpha value is -2.81. The van der Waals surface area contributed by atoms with Crippen molar-refractivity contribution in [1.82, 2.24) is 20.1 Å². The summed E-state index contributed by atoms with van der Waals surface area (Å²) in [6.45, 7) is 0. The first-order valence-electron chi connectivity index (χ1n) is 11.5. The molecule has 1 N–H and O–H groups in total. The van der Waals surface area contributed by atoms with Crippen molar-refractivity contribution in [1.29, 1.82) is 0 Å². The summed E-state index contributed by atoms with van der Waals surface area (Å²) in [7, 11) is 0. The van der Waals surface area contributed by atoms with Gasteiger partial charge in [0.25, 0.3) is 0 Å². The predicted octanol–water partition coefficient (Wildman–Crippen LogP) is 6.27. The van der Waals surface area contributed by atoms with E-state index in [9.17, 15) is 18.0 Å². The Morgan fingerprint density at radius 1 is 1.03 bits per heavy atom. The van der Waals surface area contributed by atoms with Crippen molar-refractivity contribution in [2.75, 3.05) is 5.75 Å². The molecule has 0 spiro atoms. The minimum absolute atomic E-state index is 0.0526. The van der Waals surface area contributed by atoms with Crippen molar-refractivity contribution in [3.63, 3.8) is 0 Å². The van der Waals surface area contributed by atoms with Crippen LogP contribution >= 0.6 is 11.8 Å². The summed E-state index contributed by atoms with van der Waals surface area (Å²) in [5.41, 5.74) is 0.371. The van der Waals surface area contributed by atoms with E-state index in [0.717, 1.165) is 43.4 Å². The van der Waals surface area contributed by atoms with Gasteiger partial charge in [0.1, 0.15) is 0 Å². The van der Waals surface area contributed by atoms with Crippen molar-refractivity contribution in [2.45, 2.75) is 62.3 Å². The van der Waals surface area contributed by atoms with Crippen molar-refractivity contribution in [3.05, 3.63) is 60.2 Å². The SMILES string of the molecule is O=C(CCCSc1nnc(-c2ccccc2)n1-c1cccc(C(F)(F)F)c1)NC1CCCCC1. The molecule has 0 bridgehead atoms. The second-order valence-corrected chi connectivity index (χ2v) is 9.47. The normalized spacial score (nSPS) is 14.8. The summed E-state index contributed by atoms with van der Waals surface area (Å²) >= 11 is 1.39. The van der Waals surface area contributed by atoms with Gasteiger partial charge in [-0.1, -0.05) is 67.4 Å². The maximum absolute atomic E-state index is 13.3. The second-order valence-electron chi connectivity index (χ2n) is 8.41. The summed E-state index contributed by atoms with van der Waals surface area (Å²) < 4.78 is 41.7. The van der Waals surface area contributed by atoms with Crippen LogP contribution in [0.3, 0.4) is 0 Å². The van der Waals surface area contributed by atoms with Gasteiger partial charge in [0.05, 0.1) is 11.3 Å². The quantitative estimate of drug-likeness (QED) is 0.300. The van der Waals surface area contributed by atoms with Crippen LogP contribution in [0.15, 0.2) is 59.8 Å². The number of alkyl halides is 3. The van der Waals surface area contributed by atoms with E-state index in [0.29, 0.717) is 35.3 Å². The van der Waals surface area contributed by atoms with Gasteiger partial charge in [0.2, 0.25) is 5.91 Å². The topological polar surface area (TPSA) is 59.8 Å². The summed E-state index contributed by atoms with van der Waals surface area (Å²) in [6.07, 6.45) is 2.25. The van der Waals surface area contributed by atoms with Gasteiger partial charge in [-0.2, -0.15) is 13.2 Å². The molecule has 2 aromatic carbocycles. The molecule has 0 unspecified atom stereocenters. The molecule has 1 amide bonds. The van der Waals surface area contributed by atoms with Crippen LogP contribution in [0.25, 0.3) is 17.1 Å². The number of thioether (sulfide) groups is 1. The first kappa shape index (κ1) is 24.3. The molecule has 1 aliphatic rings. The standard InChI is InChI=1S/C25H27F3N4OS/c26-25(27,28)19-11-7-14-21(17-19)32-23(18-9-3-1-4-10-18)30-31-24(32)34-16-8-15-22(33)29-20-12-5-2-6-13-20/h1,3-4,7,9-11,14,17,20H,2,5-6,8,12-13,15-16H2,(H,29,33). The lowest BCUT2D eigenvalue weighted by Gasteiger charge is -2.22. The lowest BCUT2D eigenvalue weighted by Crippen LogP contribution is -2.36. The number of halogens is 3. The molecule has 4 rings (SSSR count). The van der Waals surface area contributed by atoms with E-state index in [-0.39, 0.29) is 11.9 Å². The van der Waals surface area contributed by atoms with Gasteiger partial charge in [-0.05, 0) is 37.5 Å². The van der Waals surface area contributed by atoms with Crippen LogP contribution < -0.4 is 5.32 Å². The molecule has 1 fully saturated rings. The van der Waals surface area contributed by atoms with E-state index >= 15 is 0 Å². The first-order valence-corrected chi connectivity index (χ1v) is 12.5. The average Bonchev–Trinajstić information content (AvgIpc) is 3.26. The molecule has 0 radical (unpaired) electrons. The molecule has 0 aliphatic heterocycles. The van der Waals surface area contributed by atoms with Gasteiger partial charge >= 0.3 is 6.18 Å². The van der Waals surface area contributed by atoms with Crippen LogP contribution in [-0.2, 0) is 11.0 Å². The summed E-state index contributed by atoms with van der Waals surface area (Å²) in [5, 5.41) is 12.1. The highest BCUT2D eigenvalue weighted by Crippen LogP contribution is 2.33. The zero-order valence-corrected chi connectivity index (χ0v) is 19.5. The molecule has 0 saturated heterocycles. The fourth-order valence-corrected chi connectivity index (χ4v) is 5.03. The van der Waals surface area contributed by atoms with E-state index in [1.807, 2.05) is 30.3 Å². The van der Waals surface area contributed by atoms with Gasteiger partial charge in [0, 0.05) is 23.8 Å². The Kier molecular flexibility index (Phi) is 7.92. The fourth-order valence-electron chi connectivity index (χ4n) is 4.13. The molecule has 34 heavy (non-hydrogen) atoms. The molecule has 1 aliphatic carbocycles. The lowest BCUT2D eigenvalue weighted by molar-refractivity contribution is -0.137. The van der Waals surface area contributed by atoms with E-state index in [1.54, 1.807) is 10.6 Å². The largest absolute Gasteiger partial charge is 0.416 e. The highest BCUT2D eigenvalue weighted by molar-refractivity contribution is 7.99. The maximum Gasteiger partial charge on any atom is 0.416 e. The monoisotopic (exact) mass is 488 g/mol. The van der Waals surface area contributed by atoms with E-state index < -0.39 is 11.7 Å². The number of carbonyl (C=O) groups is 1. The van der Waals surface area contributed by atoms with E-state index in [1.165, 1.54) is 24.2 Å². The molecule has 1 heterocycles. The zero-order chi connectivity index (χ0) is 24.0. The van der Waals surface area contributed by atoms with Crippen LogP contribution in [-0.4, -0.2) is 32.5 Å². The van der Waals surface area contributed by atoms with Gasteiger partial charge in [0.15, 0.2) is 11.0 Å². The van der Waals surface area contributed by atoms with Gasteiger partial charge in [-0.15, -0.1) is 10.2 Å². The highest BCUT2D eigenvalue weighted by Gasteiger charge is 2.31. The van der Waals surface area contributed by atoms with E-state index in [4.69, 9.17) is 0 Å². The van der Waals surface area contributed by atoms with Gasteiger partial charge < -0.3 is 5.32 Å². The van der Waals surface area contributed by atoms with Crippen LogP contribution in [0.5, 0.6) is 0 Å². The Morgan fingerprint density at radius 3 is 2.53 bits per heavy atom. The fraction of sp³-hybridized carbons (Fsp3) is 0.400. The Bertz CT molecular complexity index is 1100. The third-order valence-corrected chi connectivity index (χ3v) is 6.86. The second kappa shape index (κ2) is 11.1. The number of benzene rings is 2. The summed E-state index contributed by atoms with van der Waals surface area (Å²) in [4.78, 5) is 12.3. The number of hydrogen-bond donors (Lipinski definition) is 1. The minimum atomic E-state index is -4.45. The number of aromatic nitrogens is 3. The molecule has 180 valence electrons. The van der Waals surface area contributed by atoms with Crippen LogP contribution in [0.2, 0.25) is 0 Å².